The zero-order valence-electron chi connectivity index (χ0n) is 20.8. The molecule has 4 aromatic rings. The lowest BCUT2D eigenvalue weighted by Gasteiger charge is -2.14. The molecule has 1 aliphatic carbocycles. The summed E-state index contributed by atoms with van der Waals surface area (Å²) in [5.74, 6) is -1.64. The van der Waals surface area contributed by atoms with E-state index >= 15 is 0 Å². The van der Waals surface area contributed by atoms with Crippen molar-refractivity contribution in [1.29, 1.82) is 0 Å². The highest BCUT2D eigenvalue weighted by Crippen LogP contribution is 2.59. The van der Waals surface area contributed by atoms with E-state index in [1.165, 1.54) is 36.7 Å². The summed E-state index contributed by atoms with van der Waals surface area (Å²) in [4.78, 5) is 20.9. The van der Waals surface area contributed by atoms with Crippen LogP contribution in [-0.4, -0.2) is 41.9 Å². The quantitative estimate of drug-likeness (QED) is 0.275. The van der Waals surface area contributed by atoms with Gasteiger partial charge in [0.15, 0.2) is 21.4 Å². The molecule has 1 amide bonds. The molecule has 1 aliphatic rings. The summed E-state index contributed by atoms with van der Waals surface area (Å²) in [6, 6.07) is 11.3. The van der Waals surface area contributed by atoms with Crippen molar-refractivity contribution in [2.24, 2.45) is 0 Å². The van der Waals surface area contributed by atoms with Gasteiger partial charge < -0.3 is 15.2 Å². The maximum absolute atomic E-state index is 14.8. The first-order valence-electron chi connectivity index (χ1n) is 11.9. The molecule has 2 heterocycles. The molecule has 1 fully saturated rings. The standard InChI is InChI=1S/C26H21F4N5O4S/c1-40(37,38)19-6-4-18(5-7-19)33-24-31-13-17(14-32-24)15-2-3-16(20(27)10-15)11-23(36)34-22-12-21(39-35-22)25(8-9-25)26(28,29)30/h2-7,10,12-14H,8-9,11H2,1H3,(H,31,32,33)(H,34,35,36). The third-order valence-corrected chi connectivity index (χ3v) is 7.60. The van der Waals surface area contributed by atoms with Crippen LogP contribution in [0.25, 0.3) is 11.1 Å². The Balaban J connectivity index is 1.20. The molecule has 0 unspecified atom stereocenters. The van der Waals surface area contributed by atoms with Crippen molar-refractivity contribution in [2.75, 3.05) is 16.9 Å². The zero-order valence-corrected chi connectivity index (χ0v) is 21.6. The zero-order chi connectivity index (χ0) is 28.7. The number of halogens is 4. The minimum Gasteiger partial charge on any atom is -0.358 e. The van der Waals surface area contributed by atoms with Crippen molar-refractivity contribution >= 4 is 33.2 Å². The smallest absolute Gasteiger partial charge is 0.358 e. The van der Waals surface area contributed by atoms with Gasteiger partial charge in [-0.3, -0.25) is 4.79 Å². The third-order valence-electron chi connectivity index (χ3n) is 6.47. The Morgan fingerprint density at radius 1 is 1.02 bits per heavy atom. The maximum atomic E-state index is 14.8. The van der Waals surface area contributed by atoms with Gasteiger partial charge in [0.05, 0.1) is 11.3 Å². The predicted octanol–water partition coefficient (Wildman–Crippen LogP) is 5.19. The average molecular weight is 576 g/mol. The number of sulfone groups is 1. The van der Waals surface area contributed by atoms with Crippen LogP contribution in [0.5, 0.6) is 0 Å². The second-order valence-corrected chi connectivity index (χ2v) is 11.4. The molecular formula is C26H21F4N5O4S. The van der Waals surface area contributed by atoms with E-state index in [1.807, 2.05) is 0 Å². The van der Waals surface area contributed by atoms with Crippen LogP contribution in [0.15, 0.2) is 70.3 Å². The number of hydrogen-bond acceptors (Lipinski definition) is 8. The molecule has 40 heavy (non-hydrogen) atoms. The molecule has 0 radical (unpaired) electrons. The van der Waals surface area contributed by atoms with Gasteiger partial charge in [-0.05, 0) is 54.3 Å². The summed E-state index contributed by atoms with van der Waals surface area (Å²) in [5, 5.41) is 8.77. The molecule has 2 N–H and O–H groups in total. The van der Waals surface area contributed by atoms with Crippen molar-refractivity contribution in [3.05, 3.63) is 78.1 Å². The molecule has 0 bridgehead atoms. The largest absolute Gasteiger partial charge is 0.401 e. The van der Waals surface area contributed by atoms with Gasteiger partial charge in [-0.25, -0.2) is 22.8 Å². The minimum absolute atomic E-state index is 0.0654. The molecule has 2 aromatic heterocycles. The normalized spacial score (nSPS) is 14.5. The van der Waals surface area contributed by atoms with Crippen LogP contribution in [0.2, 0.25) is 0 Å². The lowest BCUT2D eigenvalue weighted by Crippen LogP contribution is -2.28. The average Bonchev–Trinajstić information content (AvgIpc) is 3.59. The SMILES string of the molecule is CS(=O)(=O)c1ccc(Nc2ncc(-c3ccc(CC(=O)Nc4cc(C5(C(F)(F)F)CC5)on4)c(F)c3)cn2)cc1. The number of rotatable bonds is 8. The number of alkyl halides is 3. The molecule has 0 spiro atoms. The van der Waals surface area contributed by atoms with Crippen molar-refractivity contribution < 1.29 is 35.3 Å². The van der Waals surface area contributed by atoms with E-state index < -0.39 is 33.2 Å². The Hall–Kier alpha value is -4.33. The third kappa shape index (κ3) is 5.66. The van der Waals surface area contributed by atoms with Gasteiger partial charge in [0, 0.05) is 36.0 Å². The number of amides is 1. The van der Waals surface area contributed by atoms with Crippen LogP contribution in [0.4, 0.5) is 35.0 Å². The first-order chi connectivity index (χ1) is 18.8. The number of nitrogens with one attached hydrogen (secondary N) is 2. The topological polar surface area (TPSA) is 127 Å². The summed E-state index contributed by atoms with van der Waals surface area (Å²) in [6.45, 7) is 0. The second kappa shape index (κ2) is 10.0. The molecule has 208 valence electrons. The van der Waals surface area contributed by atoms with Gasteiger partial charge in [-0.2, -0.15) is 13.2 Å². The van der Waals surface area contributed by atoms with E-state index in [-0.39, 0.29) is 47.2 Å². The number of aromatic nitrogens is 3. The number of hydrogen-bond donors (Lipinski definition) is 2. The summed E-state index contributed by atoms with van der Waals surface area (Å²) >= 11 is 0. The fourth-order valence-electron chi connectivity index (χ4n) is 4.04. The first-order valence-corrected chi connectivity index (χ1v) is 13.7. The Bertz CT molecular complexity index is 1670. The van der Waals surface area contributed by atoms with Gasteiger partial charge in [0.25, 0.3) is 0 Å². The Kier molecular flexibility index (Phi) is 6.82. The predicted molar refractivity (Wildman–Crippen MR) is 136 cm³/mol. The summed E-state index contributed by atoms with van der Waals surface area (Å²) in [5.41, 5.74) is -0.469. The molecule has 0 aliphatic heterocycles. The fraction of sp³-hybridized carbons (Fsp3) is 0.231. The van der Waals surface area contributed by atoms with E-state index in [2.05, 4.69) is 25.8 Å². The molecule has 0 saturated heterocycles. The molecule has 1 saturated carbocycles. The maximum Gasteiger partial charge on any atom is 0.401 e. The monoisotopic (exact) mass is 575 g/mol. The van der Waals surface area contributed by atoms with E-state index in [9.17, 15) is 30.8 Å². The number of carbonyl (C=O) groups is 1. The Morgan fingerprint density at radius 3 is 2.27 bits per heavy atom. The van der Waals surface area contributed by atoms with Crippen LogP contribution in [0.1, 0.15) is 24.2 Å². The van der Waals surface area contributed by atoms with Crippen LogP contribution in [-0.2, 0) is 26.5 Å². The van der Waals surface area contributed by atoms with Crippen molar-refractivity contribution in [2.45, 2.75) is 35.7 Å². The van der Waals surface area contributed by atoms with Crippen LogP contribution < -0.4 is 10.6 Å². The first kappa shape index (κ1) is 27.2. The summed E-state index contributed by atoms with van der Waals surface area (Å²) < 4.78 is 82.5. The molecule has 9 nitrogen and oxygen atoms in total. The van der Waals surface area contributed by atoms with Crippen molar-refractivity contribution in [3.63, 3.8) is 0 Å². The van der Waals surface area contributed by atoms with Crippen LogP contribution >= 0.6 is 0 Å². The van der Waals surface area contributed by atoms with Gasteiger partial charge in [0.1, 0.15) is 11.2 Å². The summed E-state index contributed by atoms with van der Waals surface area (Å²) in [6.07, 6.45) is -1.02. The number of carbonyl (C=O) groups excluding carboxylic acids is 1. The highest BCUT2D eigenvalue weighted by atomic mass is 32.2. The Labute approximate surface area is 225 Å². The van der Waals surface area contributed by atoms with E-state index in [4.69, 9.17) is 4.52 Å². The fourth-order valence-corrected chi connectivity index (χ4v) is 4.67. The lowest BCUT2D eigenvalue weighted by molar-refractivity contribution is -0.165. The van der Waals surface area contributed by atoms with Gasteiger partial charge >= 0.3 is 6.18 Å². The second-order valence-electron chi connectivity index (χ2n) is 9.40. The van der Waals surface area contributed by atoms with Crippen LogP contribution in [0.3, 0.4) is 0 Å². The number of nitrogens with zero attached hydrogens (tertiary/aromatic N) is 3. The van der Waals surface area contributed by atoms with Crippen molar-refractivity contribution in [1.82, 2.24) is 15.1 Å². The molecule has 14 heteroatoms. The van der Waals surface area contributed by atoms with Gasteiger partial charge in [-0.1, -0.05) is 17.3 Å². The number of anilines is 3. The Morgan fingerprint density at radius 2 is 1.70 bits per heavy atom. The minimum atomic E-state index is -4.48. The highest BCUT2D eigenvalue weighted by Gasteiger charge is 2.66. The highest BCUT2D eigenvalue weighted by molar-refractivity contribution is 7.90. The van der Waals surface area contributed by atoms with Gasteiger partial charge in [0.2, 0.25) is 11.9 Å². The molecule has 0 atom stereocenters. The number of benzene rings is 2. The van der Waals surface area contributed by atoms with E-state index in [1.54, 1.807) is 18.2 Å². The molecule has 2 aromatic carbocycles. The molecule has 5 rings (SSSR count). The lowest BCUT2D eigenvalue weighted by atomic mass is 10.0. The van der Waals surface area contributed by atoms with Crippen molar-refractivity contribution in [3.8, 4) is 11.1 Å². The molecular weight excluding hydrogens is 554 g/mol. The van der Waals surface area contributed by atoms with E-state index in [0.29, 0.717) is 16.8 Å². The van der Waals surface area contributed by atoms with Gasteiger partial charge in [-0.15, -0.1) is 0 Å². The van der Waals surface area contributed by atoms with Crippen LogP contribution in [0, 0.1) is 5.82 Å². The summed E-state index contributed by atoms with van der Waals surface area (Å²) in [7, 11) is -3.32. The van der Waals surface area contributed by atoms with E-state index in [0.717, 1.165) is 12.3 Å².